The highest BCUT2D eigenvalue weighted by Crippen LogP contribution is 2.33. The zero-order valence-electron chi connectivity index (χ0n) is 13.8. The molecule has 4 N–H and O–H groups in total. The van der Waals surface area contributed by atoms with Crippen LogP contribution in [-0.2, 0) is 6.42 Å². The first-order valence-corrected chi connectivity index (χ1v) is 9.35. The summed E-state index contributed by atoms with van der Waals surface area (Å²) in [4.78, 5) is 4.88. The molecule has 4 rings (SSSR count). The van der Waals surface area contributed by atoms with Crippen molar-refractivity contribution in [3.8, 4) is 5.97 Å². The average molecular weight is 400 g/mol. The van der Waals surface area contributed by atoms with Crippen molar-refractivity contribution in [2.75, 3.05) is 12.3 Å². The Balaban J connectivity index is 1.70. The molecule has 0 aliphatic carbocycles. The van der Waals surface area contributed by atoms with Gasteiger partial charge in [-0.15, -0.1) is 0 Å². The third kappa shape index (κ3) is 3.00. The van der Waals surface area contributed by atoms with E-state index < -0.39 is 0 Å². The lowest BCUT2D eigenvalue weighted by atomic mass is 9.41. The molecular formula is C16H19BBrN7. The molecule has 7 nitrogen and oxygen atoms in total. The van der Waals surface area contributed by atoms with E-state index in [0.29, 0.717) is 11.7 Å². The van der Waals surface area contributed by atoms with Gasteiger partial charge in [-0.1, -0.05) is 25.5 Å². The largest absolute Gasteiger partial charge is 0.383 e. The van der Waals surface area contributed by atoms with E-state index in [1.807, 2.05) is 12.4 Å². The summed E-state index contributed by atoms with van der Waals surface area (Å²) in [7, 11) is 0. The van der Waals surface area contributed by atoms with Crippen LogP contribution in [0.1, 0.15) is 24.1 Å². The van der Waals surface area contributed by atoms with Crippen LogP contribution in [0, 0.1) is 17.1 Å². The fourth-order valence-corrected chi connectivity index (χ4v) is 4.20. The second-order valence-corrected chi connectivity index (χ2v) is 7.57. The lowest BCUT2D eigenvalue weighted by Crippen LogP contribution is -2.23. The van der Waals surface area contributed by atoms with E-state index in [-0.39, 0.29) is 6.71 Å². The molecule has 0 amide bonds. The molecule has 2 aromatic rings. The number of nitriles is 1. The first-order chi connectivity index (χ1) is 12.2. The van der Waals surface area contributed by atoms with Crippen LogP contribution in [0.25, 0.3) is 11.2 Å². The molecule has 25 heavy (non-hydrogen) atoms. The number of hydrogen-bond donors (Lipinski definition) is 3. The van der Waals surface area contributed by atoms with Crippen molar-refractivity contribution in [1.29, 1.82) is 5.26 Å². The number of hydrogen-bond acceptors (Lipinski definition) is 6. The molecule has 1 atom stereocenters. The molecule has 2 aliphatic rings. The van der Waals surface area contributed by atoms with E-state index in [1.165, 1.54) is 0 Å². The molecule has 0 radical (unpaired) electrons. The van der Waals surface area contributed by atoms with Crippen molar-refractivity contribution in [1.82, 2.24) is 25.4 Å². The SMILES string of the molecule is N#CB1CCCC(Cc2nc3c(C4=CNNC4)cnn3c(N)c2Br)C1. The van der Waals surface area contributed by atoms with E-state index in [0.717, 1.165) is 65.4 Å². The van der Waals surface area contributed by atoms with Gasteiger partial charge in [0, 0.05) is 24.3 Å². The lowest BCUT2D eigenvalue weighted by molar-refractivity contribution is 0.492. The molecule has 0 saturated carbocycles. The van der Waals surface area contributed by atoms with Crippen molar-refractivity contribution in [3.63, 3.8) is 0 Å². The van der Waals surface area contributed by atoms with Crippen molar-refractivity contribution in [2.24, 2.45) is 5.92 Å². The quantitative estimate of drug-likeness (QED) is 0.682. The number of hydrazine groups is 1. The van der Waals surface area contributed by atoms with Crippen LogP contribution in [0.2, 0.25) is 12.6 Å². The van der Waals surface area contributed by atoms with E-state index in [1.54, 1.807) is 4.52 Å². The van der Waals surface area contributed by atoms with Gasteiger partial charge in [-0.3, -0.25) is 0 Å². The Bertz CT molecular complexity index is 885. The minimum absolute atomic E-state index is 0.171. The summed E-state index contributed by atoms with van der Waals surface area (Å²) in [5.74, 6) is 3.47. The van der Waals surface area contributed by atoms with Crippen molar-refractivity contribution >= 4 is 39.7 Å². The van der Waals surface area contributed by atoms with Crippen LogP contribution < -0.4 is 16.6 Å². The van der Waals surface area contributed by atoms with Gasteiger partial charge in [0.25, 0.3) is 6.71 Å². The summed E-state index contributed by atoms with van der Waals surface area (Å²) in [6.07, 6.45) is 8.78. The maximum atomic E-state index is 9.22. The minimum atomic E-state index is 0.171. The number of nitrogen functional groups attached to an aromatic ring is 1. The fraction of sp³-hybridized carbons (Fsp3) is 0.438. The summed E-state index contributed by atoms with van der Waals surface area (Å²) < 4.78 is 2.49. The molecule has 0 bridgehead atoms. The Morgan fingerprint density at radius 2 is 2.40 bits per heavy atom. The third-order valence-electron chi connectivity index (χ3n) is 5.11. The van der Waals surface area contributed by atoms with Gasteiger partial charge in [0.15, 0.2) is 5.65 Å². The number of anilines is 1. The highest BCUT2D eigenvalue weighted by atomic mass is 79.9. The molecule has 128 valence electrons. The summed E-state index contributed by atoms with van der Waals surface area (Å²) >= 11 is 3.60. The van der Waals surface area contributed by atoms with E-state index in [4.69, 9.17) is 10.7 Å². The maximum Gasteiger partial charge on any atom is 0.268 e. The lowest BCUT2D eigenvalue weighted by Gasteiger charge is -2.23. The molecule has 2 aliphatic heterocycles. The Kier molecular flexibility index (Phi) is 4.40. The number of nitrogens with one attached hydrogen (secondary N) is 2. The summed E-state index contributed by atoms with van der Waals surface area (Å²) in [5.41, 5.74) is 16.2. The smallest absolute Gasteiger partial charge is 0.268 e. The van der Waals surface area contributed by atoms with E-state index >= 15 is 0 Å². The standard InChI is InChI=1S/C16H19BBrN7/c18-14-13(4-10-2-1-3-17(5-10)9-19)24-16-12(11-6-21-22-7-11)8-23-25(16)15(14)20/h6,8,10,21-22H,1-5,7,20H2. The van der Waals surface area contributed by atoms with Crippen LogP contribution >= 0.6 is 15.9 Å². The molecular weight excluding hydrogens is 381 g/mol. The van der Waals surface area contributed by atoms with Gasteiger partial charge >= 0.3 is 0 Å². The normalized spacial score (nSPS) is 20.4. The first-order valence-electron chi connectivity index (χ1n) is 8.56. The number of rotatable bonds is 3. The molecule has 1 unspecified atom stereocenters. The minimum Gasteiger partial charge on any atom is -0.383 e. The Labute approximate surface area is 154 Å². The third-order valence-corrected chi connectivity index (χ3v) is 5.98. The molecule has 4 heterocycles. The summed E-state index contributed by atoms with van der Waals surface area (Å²) in [6, 6.07) is 0. The predicted octanol–water partition coefficient (Wildman–Crippen LogP) is 2.03. The highest BCUT2D eigenvalue weighted by Gasteiger charge is 2.27. The van der Waals surface area contributed by atoms with E-state index in [2.05, 4.69) is 37.8 Å². The molecule has 1 saturated heterocycles. The Morgan fingerprint density at radius 1 is 1.52 bits per heavy atom. The summed E-state index contributed by atoms with van der Waals surface area (Å²) in [6.45, 7) is 0.894. The number of nitrogens with two attached hydrogens (primary N) is 1. The van der Waals surface area contributed by atoms with Crippen molar-refractivity contribution in [3.05, 3.63) is 28.1 Å². The Hall–Kier alpha value is -2.05. The van der Waals surface area contributed by atoms with Crippen LogP contribution in [0.15, 0.2) is 16.9 Å². The Morgan fingerprint density at radius 3 is 3.16 bits per heavy atom. The molecule has 2 aromatic heterocycles. The fourth-order valence-electron chi connectivity index (χ4n) is 3.78. The van der Waals surface area contributed by atoms with Gasteiger partial charge in [0.05, 0.1) is 16.4 Å². The van der Waals surface area contributed by atoms with E-state index in [9.17, 15) is 5.26 Å². The van der Waals surface area contributed by atoms with Crippen LogP contribution in [0.5, 0.6) is 0 Å². The maximum absolute atomic E-state index is 9.22. The first kappa shape index (κ1) is 16.4. The topological polar surface area (TPSA) is 104 Å². The molecule has 0 spiro atoms. The summed E-state index contributed by atoms with van der Waals surface area (Å²) in [5, 5.41) is 13.6. The monoisotopic (exact) mass is 399 g/mol. The molecule has 1 fully saturated rings. The zero-order valence-corrected chi connectivity index (χ0v) is 15.4. The number of nitrogens with zero attached hydrogens (tertiary/aromatic N) is 4. The highest BCUT2D eigenvalue weighted by molar-refractivity contribution is 9.10. The molecule has 0 aromatic carbocycles. The van der Waals surface area contributed by atoms with Gasteiger partial charge in [-0.05, 0) is 33.8 Å². The van der Waals surface area contributed by atoms with Crippen LogP contribution in [-0.4, -0.2) is 27.9 Å². The van der Waals surface area contributed by atoms with Gasteiger partial charge in [-0.25, -0.2) is 15.7 Å². The van der Waals surface area contributed by atoms with Crippen LogP contribution in [0.4, 0.5) is 5.82 Å². The molecule has 9 heteroatoms. The average Bonchev–Trinajstić information content (AvgIpc) is 3.29. The van der Waals surface area contributed by atoms with Crippen molar-refractivity contribution < 1.29 is 0 Å². The van der Waals surface area contributed by atoms with Gasteiger partial charge in [-0.2, -0.15) is 9.61 Å². The zero-order chi connectivity index (χ0) is 17.4. The van der Waals surface area contributed by atoms with Gasteiger partial charge in [0.1, 0.15) is 5.82 Å². The predicted molar refractivity (Wildman–Crippen MR) is 102 cm³/mol. The second kappa shape index (κ2) is 6.69. The number of halogens is 1. The van der Waals surface area contributed by atoms with Crippen molar-refractivity contribution in [2.45, 2.75) is 31.9 Å². The van der Waals surface area contributed by atoms with Gasteiger partial charge < -0.3 is 11.2 Å². The van der Waals surface area contributed by atoms with Gasteiger partial charge in [0.2, 0.25) is 0 Å². The number of aromatic nitrogens is 3. The number of fused-ring (bicyclic) bond motifs is 1. The second-order valence-electron chi connectivity index (χ2n) is 6.78. The van der Waals surface area contributed by atoms with Crippen LogP contribution in [0.3, 0.4) is 0 Å².